The average molecular weight is 372 g/mol. The zero-order chi connectivity index (χ0) is 15.4. The van der Waals surface area contributed by atoms with Crippen LogP contribution in [0.15, 0.2) is 45.8 Å². The average Bonchev–Trinajstić information content (AvgIpc) is 2.42. The molecule has 0 fully saturated rings. The Hall–Kier alpha value is -1.79. The molecule has 110 valence electrons. The van der Waals surface area contributed by atoms with Crippen LogP contribution in [-0.4, -0.2) is 10.5 Å². The first-order valence-electron chi connectivity index (χ1n) is 6.01. The Morgan fingerprint density at radius 1 is 1.33 bits per heavy atom. The van der Waals surface area contributed by atoms with Crippen LogP contribution in [0.5, 0.6) is 0 Å². The Balaban J connectivity index is 1.99. The van der Waals surface area contributed by atoms with Crippen LogP contribution in [0.4, 0.5) is 5.69 Å². The van der Waals surface area contributed by atoms with E-state index in [-0.39, 0.29) is 18.7 Å². The quantitative estimate of drug-likeness (QED) is 0.838. The number of benzene rings is 1. The molecule has 0 atom stereocenters. The number of nitrogens with zero attached hydrogens (tertiary/aromatic N) is 1. The van der Waals surface area contributed by atoms with E-state index in [2.05, 4.69) is 15.9 Å². The lowest BCUT2D eigenvalue weighted by molar-refractivity contribution is -0.145. The number of carbonyl (C=O) groups is 1. The molecule has 7 heteroatoms. The third kappa shape index (κ3) is 4.34. The number of hydrogen-bond acceptors (Lipinski definition) is 4. The lowest BCUT2D eigenvalue weighted by Crippen LogP contribution is -2.24. The first-order chi connectivity index (χ1) is 9.95. The highest BCUT2D eigenvalue weighted by atomic mass is 79.9. The molecule has 2 N–H and O–H groups in total. The minimum atomic E-state index is -0.540. The molecule has 0 radical (unpaired) electrons. The summed E-state index contributed by atoms with van der Waals surface area (Å²) in [5, 5.41) is 0.498. The predicted octanol–water partition coefficient (Wildman–Crippen LogP) is 2.59. The highest BCUT2D eigenvalue weighted by molar-refractivity contribution is 9.10. The Kier molecular flexibility index (Phi) is 5.03. The summed E-state index contributed by atoms with van der Waals surface area (Å²) < 4.78 is 7.15. The minimum Gasteiger partial charge on any atom is -0.459 e. The van der Waals surface area contributed by atoms with Gasteiger partial charge in [0.05, 0.1) is 0 Å². The molecule has 0 bridgehead atoms. The predicted molar refractivity (Wildman–Crippen MR) is 84.1 cm³/mol. The second kappa shape index (κ2) is 6.78. The van der Waals surface area contributed by atoms with E-state index >= 15 is 0 Å². The van der Waals surface area contributed by atoms with Crippen LogP contribution in [0.2, 0.25) is 5.02 Å². The third-order valence-electron chi connectivity index (χ3n) is 2.71. The second-order valence-electron chi connectivity index (χ2n) is 4.32. The fraction of sp³-hybridized carbons (Fsp3) is 0.143. The number of rotatable bonds is 4. The Morgan fingerprint density at radius 3 is 2.81 bits per heavy atom. The van der Waals surface area contributed by atoms with Crippen molar-refractivity contribution in [3.63, 3.8) is 0 Å². The van der Waals surface area contributed by atoms with E-state index in [1.807, 2.05) is 0 Å². The standard InChI is InChI=1S/C14H12BrClN2O3/c15-10-2-1-9(12(16)5-10)8-21-14(20)7-18-6-11(17)3-4-13(18)19/h1-6H,7-8,17H2. The van der Waals surface area contributed by atoms with E-state index < -0.39 is 5.97 Å². The molecule has 2 aromatic rings. The number of halogens is 2. The largest absolute Gasteiger partial charge is 0.459 e. The molecule has 2 rings (SSSR count). The molecule has 5 nitrogen and oxygen atoms in total. The molecule has 0 aliphatic carbocycles. The Morgan fingerprint density at radius 2 is 2.10 bits per heavy atom. The van der Waals surface area contributed by atoms with Gasteiger partial charge >= 0.3 is 5.97 Å². The molecular weight excluding hydrogens is 360 g/mol. The fourth-order valence-electron chi connectivity index (χ4n) is 1.66. The van der Waals surface area contributed by atoms with Crippen LogP contribution >= 0.6 is 27.5 Å². The van der Waals surface area contributed by atoms with Crippen LogP contribution in [0.1, 0.15) is 5.56 Å². The highest BCUT2D eigenvalue weighted by Crippen LogP contribution is 2.21. The molecule has 0 aliphatic rings. The second-order valence-corrected chi connectivity index (χ2v) is 5.65. The summed E-state index contributed by atoms with van der Waals surface area (Å²) in [5.41, 5.74) is 6.34. The lowest BCUT2D eigenvalue weighted by Gasteiger charge is -2.08. The summed E-state index contributed by atoms with van der Waals surface area (Å²) in [4.78, 5) is 23.3. The molecule has 1 aromatic heterocycles. The maximum absolute atomic E-state index is 11.8. The van der Waals surface area contributed by atoms with Crippen molar-refractivity contribution in [2.75, 3.05) is 5.73 Å². The molecule has 21 heavy (non-hydrogen) atoms. The zero-order valence-electron chi connectivity index (χ0n) is 10.9. The first-order valence-corrected chi connectivity index (χ1v) is 7.18. The zero-order valence-corrected chi connectivity index (χ0v) is 13.2. The number of pyridine rings is 1. The van der Waals surface area contributed by atoms with Gasteiger partial charge in [-0.25, -0.2) is 0 Å². The van der Waals surface area contributed by atoms with E-state index in [1.54, 1.807) is 18.2 Å². The molecule has 0 saturated carbocycles. The molecule has 0 aliphatic heterocycles. The van der Waals surface area contributed by atoms with Gasteiger partial charge in [-0.05, 0) is 18.2 Å². The van der Waals surface area contributed by atoms with Crippen molar-refractivity contribution in [1.82, 2.24) is 4.57 Å². The van der Waals surface area contributed by atoms with Crippen LogP contribution in [0.25, 0.3) is 0 Å². The molecule has 1 aromatic carbocycles. The fourth-order valence-corrected chi connectivity index (χ4v) is 2.38. The number of nitrogen functional groups attached to an aromatic ring is 1. The maximum Gasteiger partial charge on any atom is 0.326 e. The minimum absolute atomic E-state index is 0.0437. The van der Waals surface area contributed by atoms with E-state index in [4.69, 9.17) is 22.1 Å². The molecule has 1 heterocycles. The van der Waals surface area contributed by atoms with Gasteiger partial charge in [0.1, 0.15) is 13.2 Å². The van der Waals surface area contributed by atoms with Gasteiger partial charge in [0.2, 0.25) is 0 Å². The van der Waals surface area contributed by atoms with Gasteiger partial charge < -0.3 is 15.0 Å². The normalized spacial score (nSPS) is 10.4. The highest BCUT2D eigenvalue weighted by Gasteiger charge is 2.08. The van der Waals surface area contributed by atoms with Crippen molar-refractivity contribution < 1.29 is 9.53 Å². The molecule has 0 saturated heterocycles. The van der Waals surface area contributed by atoms with E-state index in [0.29, 0.717) is 16.3 Å². The Labute approximate surface area is 134 Å². The van der Waals surface area contributed by atoms with Crippen LogP contribution in [0, 0.1) is 0 Å². The molecule has 0 amide bonds. The van der Waals surface area contributed by atoms with Crippen molar-refractivity contribution in [3.8, 4) is 0 Å². The van der Waals surface area contributed by atoms with Gasteiger partial charge in [-0.2, -0.15) is 0 Å². The van der Waals surface area contributed by atoms with E-state index in [0.717, 1.165) is 4.47 Å². The van der Waals surface area contributed by atoms with Crippen molar-refractivity contribution in [1.29, 1.82) is 0 Å². The third-order valence-corrected chi connectivity index (χ3v) is 3.55. The van der Waals surface area contributed by atoms with Gasteiger partial charge in [0.15, 0.2) is 0 Å². The number of hydrogen-bond donors (Lipinski definition) is 1. The monoisotopic (exact) mass is 370 g/mol. The number of nitrogens with two attached hydrogens (primary N) is 1. The van der Waals surface area contributed by atoms with E-state index in [9.17, 15) is 9.59 Å². The number of esters is 1. The maximum atomic E-state index is 11.8. The summed E-state index contributed by atoms with van der Waals surface area (Å²) in [6.45, 7) is -0.153. The van der Waals surface area contributed by atoms with E-state index in [1.165, 1.54) is 22.9 Å². The Bertz CT molecular complexity index is 730. The number of carbonyl (C=O) groups excluding carboxylic acids is 1. The van der Waals surface area contributed by atoms with Gasteiger partial charge in [-0.15, -0.1) is 0 Å². The first kappa shape index (κ1) is 15.6. The van der Waals surface area contributed by atoms with Gasteiger partial charge in [0, 0.05) is 33.0 Å². The van der Waals surface area contributed by atoms with Crippen molar-refractivity contribution in [2.45, 2.75) is 13.2 Å². The number of anilines is 1. The van der Waals surface area contributed by atoms with Crippen LogP contribution in [-0.2, 0) is 22.7 Å². The van der Waals surface area contributed by atoms with Gasteiger partial charge in [-0.3, -0.25) is 9.59 Å². The summed E-state index contributed by atoms with van der Waals surface area (Å²) in [6.07, 6.45) is 1.40. The summed E-state index contributed by atoms with van der Waals surface area (Å²) in [6, 6.07) is 8.05. The number of aromatic nitrogens is 1. The van der Waals surface area contributed by atoms with Crippen molar-refractivity contribution >= 4 is 39.2 Å². The summed E-state index contributed by atoms with van der Waals surface area (Å²) >= 11 is 9.32. The molecule has 0 unspecified atom stereocenters. The topological polar surface area (TPSA) is 74.3 Å². The molecular formula is C14H12BrClN2O3. The SMILES string of the molecule is Nc1ccc(=O)n(CC(=O)OCc2ccc(Br)cc2Cl)c1. The van der Waals surface area contributed by atoms with Gasteiger partial charge in [-0.1, -0.05) is 33.6 Å². The summed E-state index contributed by atoms with van der Waals surface area (Å²) in [7, 11) is 0. The van der Waals surface area contributed by atoms with Crippen molar-refractivity contribution in [3.05, 3.63) is 61.9 Å². The number of ether oxygens (including phenoxy) is 1. The lowest BCUT2D eigenvalue weighted by atomic mass is 10.2. The van der Waals surface area contributed by atoms with Crippen molar-refractivity contribution in [2.24, 2.45) is 0 Å². The van der Waals surface area contributed by atoms with Crippen LogP contribution < -0.4 is 11.3 Å². The van der Waals surface area contributed by atoms with Crippen LogP contribution in [0.3, 0.4) is 0 Å². The van der Waals surface area contributed by atoms with Gasteiger partial charge in [0.25, 0.3) is 5.56 Å². The molecule has 0 spiro atoms. The summed E-state index contributed by atoms with van der Waals surface area (Å²) in [5.74, 6) is -0.540. The smallest absolute Gasteiger partial charge is 0.326 e.